The van der Waals surface area contributed by atoms with Crippen molar-refractivity contribution in [2.45, 2.75) is 64.6 Å². The predicted octanol–water partition coefficient (Wildman–Crippen LogP) is 2.55. The number of hydrogen-bond acceptors (Lipinski definition) is 5. The summed E-state index contributed by atoms with van der Waals surface area (Å²) in [6, 6.07) is 0. The summed E-state index contributed by atoms with van der Waals surface area (Å²) in [5.74, 6) is 0. The number of rotatable bonds is 9. The quantitative estimate of drug-likeness (QED) is 0.658. The first-order chi connectivity index (χ1) is 10.9. The van der Waals surface area contributed by atoms with E-state index in [0.717, 1.165) is 51.9 Å². The highest BCUT2D eigenvalue weighted by atomic mass is 16.6. The van der Waals surface area contributed by atoms with Crippen molar-refractivity contribution >= 4 is 6.09 Å². The number of nitrogens with zero attached hydrogens (tertiary/aromatic N) is 1. The molecule has 0 aromatic rings. The molecule has 1 rings (SSSR count). The van der Waals surface area contributed by atoms with E-state index < -0.39 is 5.60 Å². The van der Waals surface area contributed by atoms with Crippen LogP contribution in [0.15, 0.2) is 0 Å². The lowest BCUT2D eigenvalue weighted by atomic mass is 10.1. The van der Waals surface area contributed by atoms with E-state index in [2.05, 4.69) is 0 Å². The molecule has 136 valence electrons. The molecular formula is C17H34N2O4. The van der Waals surface area contributed by atoms with Crippen LogP contribution in [-0.2, 0) is 14.2 Å². The number of unbranched alkanes of at least 4 members (excludes halogenated alkanes) is 1. The van der Waals surface area contributed by atoms with Crippen molar-refractivity contribution in [1.29, 1.82) is 0 Å². The molecule has 6 heteroatoms. The largest absolute Gasteiger partial charge is 0.444 e. The Hall–Kier alpha value is -0.850. The number of amides is 1. The third-order valence-corrected chi connectivity index (χ3v) is 3.62. The zero-order valence-electron chi connectivity index (χ0n) is 15.0. The predicted molar refractivity (Wildman–Crippen MR) is 90.5 cm³/mol. The van der Waals surface area contributed by atoms with Crippen LogP contribution in [-0.4, -0.2) is 62.2 Å². The topological polar surface area (TPSA) is 74.0 Å². The fourth-order valence-corrected chi connectivity index (χ4v) is 2.39. The minimum absolute atomic E-state index is 0.221. The minimum atomic E-state index is -0.436. The average Bonchev–Trinajstić information content (AvgIpc) is 2.49. The maximum absolute atomic E-state index is 12.0. The summed E-state index contributed by atoms with van der Waals surface area (Å²) in [6.07, 6.45) is 4.72. The van der Waals surface area contributed by atoms with E-state index in [1.54, 1.807) is 4.90 Å². The lowest BCUT2D eigenvalue weighted by molar-refractivity contribution is -0.0163. The number of ether oxygens (including phenoxy) is 3. The van der Waals surface area contributed by atoms with Crippen LogP contribution in [0.3, 0.4) is 0 Å². The van der Waals surface area contributed by atoms with Crippen LogP contribution in [0.4, 0.5) is 4.79 Å². The Labute approximate surface area is 140 Å². The summed E-state index contributed by atoms with van der Waals surface area (Å²) in [5.41, 5.74) is 4.99. The summed E-state index contributed by atoms with van der Waals surface area (Å²) in [4.78, 5) is 13.7. The Kier molecular flexibility index (Phi) is 9.52. The van der Waals surface area contributed by atoms with Crippen LogP contribution < -0.4 is 5.73 Å². The molecule has 1 aliphatic rings. The monoisotopic (exact) mass is 330 g/mol. The second-order valence-electron chi connectivity index (χ2n) is 7.00. The van der Waals surface area contributed by atoms with Crippen molar-refractivity contribution in [1.82, 2.24) is 4.90 Å². The molecule has 2 N–H and O–H groups in total. The number of piperidine rings is 1. The Bertz CT molecular complexity index is 323. The fraction of sp³-hybridized carbons (Fsp3) is 0.941. The van der Waals surface area contributed by atoms with Crippen LogP contribution in [0.5, 0.6) is 0 Å². The van der Waals surface area contributed by atoms with Crippen LogP contribution in [0.2, 0.25) is 0 Å². The number of carbonyl (C=O) groups excluding carboxylic acids is 1. The van der Waals surface area contributed by atoms with Gasteiger partial charge in [0.2, 0.25) is 0 Å². The summed E-state index contributed by atoms with van der Waals surface area (Å²) in [5, 5.41) is 0. The maximum atomic E-state index is 12.0. The van der Waals surface area contributed by atoms with E-state index in [-0.39, 0.29) is 12.2 Å². The Balaban J connectivity index is 2.03. The molecule has 1 aliphatic heterocycles. The second-order valence-corrected chi connectivity index (χ2v) is 7.00. The summed E-state index contributed by atoms with van der Waals surface area (Å²) in [7, 11) is 0. The number of carbonyl (C=O) groups is 1. The van der Waals surface area contributed by atoms with Gasteiger partial charge in [-0.1, -0.05) is 0 Å². The van der Waals surface area contributed by atoms with Crippen molar-refractivity contribution in [3.8, 4) is 0 Å². The zero-order valence-corrected chi connectivity index (χ0v) is 15.0. The van der Waals surface area contributed by atoms with Gasteiger partial charge in [0, 0.05) is 32.9 Å². The minimum Gasteiger partial charge on any atom is -0.444 e. The van der Waals surface area contributed by atoms with Gasteiger partial charge in [0.05, 0.1) is 6.10 Å². The van der Waals surface area contributed by atoms with Crippen molar-refractivity contribution < 1.29 is 19.0 Å². The Morgan fingerprint density at radius 3 is 2.35 bits per heavy atom. The van der Waals surface area contributed by atoms with Gasteiger partial charge < -0.3 is 24.8 Å². The molecule has 0 atom stereocenters. The number of likely N-dealkylation sites (tertiary alicyclic amines) is 1. The maximum Gasteiger partial charge on any atom is 0.410 e. The van der Waals surface area contributed by atoms with Crippen LogP contribution in [0.1, 0.15) is 52.9 Å². The van der Waals surface area contributed by atoms with Gasteiger partial charge in [0.15, 0.2) is 0 Å². The molecule has 0 unspecified atom stereocenters. The fourth-order valence-electron chi connectivity index (χ4n) is 2.39. The van der Waals surface area contributed by atoms with Crippen molar-refractivity contribution in [2.24, 2.45) is 5.73 Å². The first-order valence-electron chi connectivity index (χ1n) is 8.79. The SMILES string of the molecule is CC(C)(C)OC(=O)N1CCC(OCCCOCCCCN)CC1. The van der Waals surface area contributed by atoms with Gasteiger partial charge in [-0.2, -0.15) is 0 Å². The molecule has 1 heterocycles. The highest BCUT2D eigenvalue weighted by molar-refractivity contribution is 5.68. The molecule has 1 saturated heterocycles. The summed E-state index contributed by atoms with van der Waals surface area (Å²) < 4.78 is 16.8. The molecule has 0 aliphatic carbocycles. The number of nitrogens with two attached hydrogens (primary N) is 1. The van der Waals surface area contributed by atoms with E-state index in [1.807, 2.05) is 20.8 Å². The third kappa shape index (κ3) is 9.79. The van der Waals surface area contributed by atoms with Gasteiger partial charge in [-0.25, -0.2) is 4.79 Å². The Morgan fingerprint density at radius 2 is 1.74 bits per heavy atom. The van der Waals surface area contributed by atoms with Crippen LogP contribution in [0.25, 0.3) is 0 Å². The molecule has 0 spiro atoms. The van der Waals surface area contributed by atoms with Crippen molar-refractivity contribution in [2.75, 3.05) is 39.5 Å². The molecule has 23 heavy (non-hydrogen) atoms. The summed E-state index contributed by atoms with van der Waals surface area (Å²) in [6.45, 7) is 10.0. The van der Waals surface area contributed by atoms with Gasteiger partial charge in [0.25, 0.3) is 0 Å². The Morgan fingerprint density at radius 1 is 1.09 bits per heavy atom. The van der Waals surface area contributed by atoms with E-state index in [0.29, 0.717) is 19.7 Å². The highest BCUT2D eigenvalue weighted by Crippen LogP contribution is 2.17. The molecule has 0 aromatic carbocycles. The normalized spacial score (nSPS) is 16.6. The molecule has 1 fully saturated rings. The van der Waals surface area contributed by atoms with Crippen LogP contribution >= 0.6 is 0 Å². The van der Waals surface area contributed by atoms with Gasteiger partial charge in [-0.15, -0.1) is 0 Å². The molecule has 0 saturated carbocycles. The van der Waals surface area contributed by atoms with Gasteiger partial charge in [-0.05, 0) is 59.4 Å². The second kappa shape index (κ2) is 10.8. The zero-order chi connectivity index (χ0) is 17.1. The first kappa shape index (κ1) is 20.2. The molecule has 0 radical (unpaired) electrons. The average molecular weight is 330 g/mol. The summed E-state index contributed by atoms with van der Waals surface area (Å²) >= 11 is 0. The first-order valence-corrected chi connectivity index (χ1v) is 8.79. The number of hydrogen-bond donors (Lipinski definition) is 1. The lowest BCUT2D eigenvalue weighted by Crippen LogP contribution is -2.43. The van der Waals surface area contributed by atoms with Gasteiger partial charge in [-0.3, -0.25) is 0 Å². The van der Waals surface area contributed by atoms with Crippen LogP contribution in [0, 0.1) is 0 Å². The lowest BCUT2D eigenvalue weighted by Gasteiger charge is -2.33. The third-order valence-electron chi connectivity index (χ3n) is 3.62. The molecule has 0 aromatic heterocycles. The standard InChI is InChI=1S/C17H34N2O4/c1-17(2,3)23-16(20)19-10-7-15(8-11-19)22-14-6-13-21-12-5-4-9-18/h15H,4-14,18H2,1-3H3. The highest BCUT2D eigenvalue weighted by Gasteiger charge is 2.26. The van der Waals surface area contributed by atoms with Crippen molar-refractivity contribution in [3.63, 3.8) is 0 Å². The van der Waals surface area contributed by atoms with Crippen molar-refractivity contribution in [3.05, 3.63) is 0 Å². The van der Waals surface area contributed by atoms with Gasteiger partial charge in [0.1, 0.15) is 5.60 Å². The van der Waals surface area contributed by atoms with E-state index in [1.165, 1.54) is 0 Å². The smallest absolute Gasteiger partial charge is 0.410 e. The molecule has 0 bridgehead atoms. The van der Waals surface area contributed by atoms with E-state index in [9.17, 15) is 4.79 Å². The van der Waals surface area contributed by atoms with E-state index >= 15 is 0 Å². The van der Waals surface area contributed by atoms with E-state index in [4.69, 9.17) is 19.9 Å². The van der Waals surface area contributed by atoms with Gasteiger partial charge >= 0.3 is 6.09 Å². The molecule has 6 nitrogen and oxygen atoms in total. The molecule has 1 amide bonds. The molecular weight excluding hydrogens is 296 g/mol.